The Balaban J connectivity index is 1.70. The van der Waals surface area contributed by atoms with Crippen molar-refractivity contribution in [2.75, 3.05) is 11.4 Å². The Labute approximate surface area is 134 Å². The van der Waals surface area contributed by atoms with Crippen LogP contribution in [0.4, 0.5) is 5.69 Å². The number of aromatic nitrogens is 3. The molecule has 1 N–H and O–H groups in total. The molecule has 0 aromatic carbocycles. The molecule has 0 spiro atoms. The van der Waals surface area contributed by atoms with Gasteiger partial charge >= 0.3 is 0 Å². The fourth-order valence-corrected chi connectivity index (χ4v) is 2.89. The molecule has 3 rings (SSSR count). The van der Waals surface area contributed by atoms with Gasteiger partial charge in [0.15, 0.2) is 0 Å². The van der Waals surface area contributed by atoms with Crippen LogP contribution in [-0.4, -0.2) is 38.7 Å². The Morgan fingerprint density at radius 3 is 2.87 bits per heavy atom. The molecule has 7 nitrogen and oxygen atoms in total. The van der Waals surface area contributed by atoms with E-state index in [1.165, 1.54) is 0 Å². The summed E-state index contributed by atoms with van der Waals surface area (Å²) in [7, 11) is 1.81. The molecule has 0 saturated carbocycles. The summed E-state index contributed by atoms with van der Waals surface area (Å²) in [4.78, 5) is 26.6. The summed E-state index contributed by atoms with van der Waals surface area (Å²) in [6.07, 6.45) is 5.93. The first-order chi connectivity index (χ1) is 11.0. The van der Waals surface area contributed by atoms with Crippen LogP contribution in [0.2, 0.25) is 0 Å². The van der Waals surface area contributed by atoms with Crippen molar-refractivity contribution in [3.8, 4) is 0 Å². The lowest BCUT2D eigenvalue weighted by Crippen LogP contribution is -2.42. The summed E-state index contributed by atoms with van der Waals surface area (Å²) in [6.45, 7) is 4.62. The highest BCUT2D eigenvalue weighted by molar-refractivity contribution is 6.03. The van der Waals surface area contributed by atoms with Gasteiger partial charge in [0, 0.05) is 32.0 Å². The Morgan fingerprint density at radius 1 is 1.43 bits per heavy atom. The molecule has 0 bridgehead atoms. The fraction of sp³-hybridized carbons (Fsp3) is 0.438. The monoisotopic (exact) mass is 315 g/mol. The molecule has 1 saturated heterocycles. The molecule has 7 heteroatoms. The van der Waals surface area contributed by atoms with Gasteiger partial charge in [-0.1, -0.05) is 0 Å². The van der Waals surface area contributed by atoms with Crippen molar-refractivity contribution < 1.29 is 9.59 Å². The topological polar surface area (TPSA) is 72.2 Å². The Kier molecular flexibility index (Phi) is 3.94. The summed E-state index contributed by atoms with van der Waals surface area (Å²) in [5, 5.41) is 6.94. The first kappa shape index (κ1) is 15.3. The third kappa shape index (κ3) is 2.86. The van der Waals surface area contributed by atoms with E-state index in [4.69, 9.17) is 0 Å². The number of hydrogen-bond donors (Lipinski definition) is 1. The molecular formula is C16H21N5O2. The van der Waals surface area contributed by atoms with E-state index in [0.29, 0.717) is 18.7 Å². The van der Waals surface area contributed by atoms with Crippen LogP contribution in [0.3, 0.4) is 0 Å². The zero-order chi connectivity index (χ0) is 16.6. The molecule has 0 aliphatic carbocycles. The number of carbonyl (C=O) groups is 2. The zero-order valence-electron chi connectivity index (χ0n) is 13.6. The Morgan fingerprint density at radius 2 is 2.22 bits per heavy atom. The summed E-state index contributed by atoms with van der Waals surface area (Å²) < 4.78 is 3.55. The maximum absolute atomic E-state index is 12.5. The summed E-state index contributed by atoms with van der Waals surface area (Å²) in [5.74, 6) is -0.302. The van der Waals surface area contributed by atoms with Gasteiger partial charge in [-0.2, -0.15) is 5.10 Å². The van der Waals surface area contributed by atoms with Gasteiger partial charge in [-0.15, -0.1) is 0 Å². The van der Waals surface area contributed by atoms with Gasteiger partial charge in [0.1, 0.15) is 11.7 Å². The zero-order valence-corrected chi connectivity index (χ0v) is 13.6. The summed E-state index contributed by atoms with van der Waals surface area (Å²) >= 11 is 0. The van der Waals surface area contributed by atoms with Crippen molar-refractivity contribution in [3.05, 3.63) is 36.4 Å². The summed E-state index contributed by atoms with van der Waals surface area (Å²) in [6, 6.07) is 3.32. The maximum atomic E-state index is 12.5. The van der Waals surface area contributed by atoms with Gasteiger partial charge in [-0.25, -0.2) is 0 Å². The van der Waals surface area contributed by atoms with Gasteiger partial charge in [0.25, 0.3) is 5.91 Å². The molecule has 23 heavy (non-hydrogen) atoms. The van der Waals surface area contributed by atoms with Crippen molar-refractivity contribution in [1.29, 1.82) is 0 Å². The molecule has 1 aliphatic heterocycles. The number of rotatable bonds is 4. The quantitative estimate of drug-likeness (QED) is 0.925. The van der Waals surface area contributed by atoms with Crippen molar-refractivity contribution >= 4 is 17.5 Å². The van der Waals surface area contributed by atoms with E-state index in [1.54, 1.807) is 28.0 Å². The second kappa shape index (κ2) is 5.91. The molecule has 0 radical (unpaired) electrons. The van der Waals surface area contributed by atoms with Gasteiger partial charge < -0.3 is 14.8 Å². The maximum Gasteiger partial charge on any atom is 0.268 e. The highest BCUT2D eigenvalue weighted by atomic mass is 16.2. The first-order valence-electron chi connectivity index (χ1n) is 7.75. The van der Waals surface area contributed by atoms with Crippen molar-refractivity contribution in [2.24, 2.45) is 7.05 Å². The average Bonchev–Trinajstić information content (AvgIpc) is 3.20. The van der Waals surface area contributed by atoms with E-state index in [1.807, 2.05) is 37.7 Å². The molecule has 1 aliphatic rings. The van der Waals surface area contributed by atoms with Crippen LogP contribution in [0.1, 0.15) is 36.8 Å². The minimum atomic E-state index is -0.488. The van der Waals surface area contributed by atoms with Gasteiger partial charge in [-0.3, -0.25) is 14.3 Å². The molecule has 2 aromatic heterocycles. The highest BCUT2D eigenvalue weighted by Gasteiger charge is 2.34. The predicted molar refractivity (Wildman–Crippen MR) is 86.2 cm³/mol. The smallest absolute Gasteiger partial charge is 0.268 e. The van der Waals surface area contributed by atoms with Crippen LogP contribution in [0.25, 0.3) is 0 Å². The Bertz CT molecular complexity index is 730. The summed E-state index contributed by atoms with van der Waals surface area (Å²) in [5.41, 5.74) is 1.34. The second-order valence-electron chi connectivity index (χ2n) is 6.07. The Hall–Kier alpha value is -2.57. The number of anilines is 1. The van der Waals surface area contributed by atoms with Crippen LogP contribution in [-0.2, 0) is 11.8 Å². The number of carbonyl (C=O) groups excluding carboxylic acids is 2. The molecule has 2 amide bonds. The van der Waals surface area contributed by atoms with E-state index in [0.717, 1.165) is 5.69 Å². The molecular weight excluding hydrogens is 294 g/mol. The van der Waals surface area contributed by atoms with Crippen LogP contribution in [0, 0.1) is 0 Å². The van der Waals surface area contributed by atoms with E-state index >= 15 is 0 Å². The first-order valence-corrected chi connectivity index (χ1v) is 7.75. The predicted octanol–water partition coefficient (Wildman–Crippen LogP) is 1.34. The highest BCUT2D eigenvalue weighted by Crippen LogP contribution is 2.21. The van der Waals surface area contributed by atoms with Crippen molar-refractivity contribution in [2.45, 2.75) is 32.4 Å². The normalized spacial score (nSPS) is 18.0. The number of amides is 2. The lowest BCUT2D eigenvalue weighted by molar-refractivity contribution is -0.118. The third-order valence-electron chi connectivity index (χ3n) is 4.08. The van der Waals surface area contributed by atoms with E-state index in [2.05, 4.69) is 10.4 Å². The molecule has 3 heterocycles. The number of aryl methyl sites for hydroxylation is 1. The third-order valence-corrected chi connectivity index (χ3v) is 4.08. The average molecular weight is 315 g/mol. The lowest BCUT2D eigenvalue weighted by atomic mass is 10.2. The SMILES string of the molecule is CC(C)n1cccc1C(=O)NC1CCN(c2cnn(C)c2)C1=O. The lowest BCUT2D eigenvalue weighted by Gasteiger charge is -2.16. The van der Waals surface area contributed by atoms with Crippen LogP contribution < -0.4 is 10.2 Å². The van der Waals surface area contributed by atoms with E-state index in [9.17, 15) is 9.59 Å². The molecule has 2 aromatic rings. The van der Waals surface area contributed by atoms with Crippen LogP contribution in [0.5, 0.6) is 0 Å². The van der Waals surface area contributed by atoms with E-state index < -0.39 is 6.04 Å². The standard InChI is InChI=1S/C16H21N5O2/c1-11(2)20-7-4-5-14(20)15(22)18-13-6-8-21(16(13)23)12-9-17-19(3)10-12/h4-5,7,9-11,13H,6,8H2,1-3H3,(H,18,22). The van der Waals surface area contributed by atoms with Gasteiger partial charge in [0.2, 0.25) is 5.91 Å². The van der Waals surface area contributed by atoms with Gasteiger partial charge in [-0.05, 0) is 32.4 Å². The van der Waals surface area contributed by atoms with Crippen molar-refractivity contribution in [1.82, 2.24) is 19.7 Å². The molecule has 1 atom stereocenters. The largest absolute Gasteiger partial charge is 0.341 e. The number of nitrogens with zero attached hydrogens (tertiary/aromatic N) is 4. The minimum Gasteiger partial charge on any atom is -0.341 e. The van der Waals surface area contributed by atoms with E-state index in [-0.39, 0.29) is 17.9 Å². The van der Waals surface area contributed by atoms with Crippen molar-refractivity contribution in [3.63, 3.8) is 0 Å². The van der Waals surface area contributed by atoms with Crippen LogP contribution in [0.15, 0.2) is 30.7 Å². The number of hydrogen-bond acceptors (Lipinski definition) is 3. The number of nitrogens with one attached hydrogen (secondary N) is 1. The molecule has 1 fully saturated rings. The second-order valence-corrected chi connectivity index (χ2v) is 6.07. The molecule has 1 unspecified atom stereocenters. The van der Waals surface area contributed by atoms with Gasteiger partial charge in [0.05, 0.1) is 11.9 Å². The minimum absolute atomic E-state index is 0.0889. The fourth-order valence-electron chi connectivity index (χ4n) is 2.89. The van der Waals surface area contributed by atoms with Crippen LogP contribution >= 0.6 is 0 Å². The molecule has 122 valence electrons.